The topological polar surface area (TPSA) is 53.3 Å². The van der Waals surface area contributed by atoms with Gasteiger partial charge in [-0.2, -0.15) is 5.26 Å². The SMILES string of the molecule is CC(Oc1ccc(C#N)cc1)C(=O)N1CCc2cc(Br)ccc21. The number of carbonyl (C=O) groups excluding carboxylic acids is 1. The van der Waals surface area contributed by atoms with Crippen LogP contribution in [0.4, 0.5) is 5.69 Å². The number of halogens is 1. The summed E-state index contributed by atoms with van der Waals surface area (Å²) in [4.78, 5) is 14.4. The predicted molar refractivity (Wildman–Crippen MR) is 91.4 cm³/mol. The van der Waals surface area contributed by atoms with E-state index in [4.69, 9.17) is 10.00 Å². The third kappa shape index (κ3) is 3.22. The van der Waals surface area contributed by atoms with Gasteiger partial charge in [0.2, 0.25) is 0 Å². The second-order valence-corrected chi connectivity index (χ2v) is 6.32. The first-order chi connectivity index (χ1) is 11.1. The fraction of sp³-hybridized carbons (Fsp3) is 0.222. The third-order valence-electron chi connectivity index (χ3n) is 3.85. The molecule has 0 aromatic heterocycles. The summed E-state index contributed by atoms with van der Waals surface area (Å²) in [6.45, 7) is 2.42. The number of fused-ring (bicyclic) bond motifs is 1. The molecule has 0 saturated carbocycles. The molecule has 3 rings (SSSR count). The Labute approximate surface area is 143 Å². The molecule has 0 aliphatic carbocycles. The molecule has 2 aromatic rings. The van der Waals surface area contributed by atoms with Crippen LogP contribution in [0.5, 0.6) is 5.75 Å². The van der Waals surface area contributed by atoms with E-state index in [0.717, 1.165) is 16.6 Å². The van der Waals surface area contributed by atoms with Crippen molar-refractivity contribution in [3.63, 3.8) is 0 Å². The summed E-state index contributed by atoms with van der Waals surface area (Å²) in [5, 5.41) is 8.80. The van der Waals surface area contributed by atoms with Crippen LogP contribution in [0, 0.1) is 11.3 Å². The van der Waals surface area contributed by atoms with Crippen LogP contribution in [0.1, 0.15) is 18.1 Å². The quantitative estimate of drug-likeness (QED) is 0.827. The minimum Gasteiger partial charge on any atom is -0.481 e. The number of hydrogen-bond acceptors (Lipinski definition) is 3. The molecule has 2 aromatic carbocycles. The number of anilines is 1. The number of carbonyl (C=O) groups is 1. The Balaban J connectivity index is 1.72. The molecule has 1 atom stereocenters. The Bertz CT molecular complexity index is 781. The Morgan fingerprint density at radius 3 is 2.74 bits per heavy atom. The van der Waals surface area contributed by atoms with Gasteiger partial charge in [0.05, 0.1) is 11.6 Å². The average Bonchev–Trinajstić information content (AvgIpc) is 2.97. The van der Waals surface area contributed by atoms with Gasteiger partial charge in [0, 0.05) is 16.7 Å². The Hall–Kier alpha value is -2.32. The van der Waals surface area contributed by atoms with E-state index in [9.17, 15) is 4.79 Å². The van der Waals surface area contributed by atoms with E-state index in [1.165, 1.54) is 5.56 Å². The zero-order chi connectivity index (χ0) is 16.4. The molecule has 5 heteroatoms. The monoisotopic (exact) mass is 370 g/mol. The molecule has 1 aliphatic heterocycles. The van der Waals surface area contributed by atoms with Crippen LogP contribution in [0.2, 0.25) is 0 Å². The van der Waals surface area contributed by atoms with Gasteiger partial charge in [-0.25, -0.2) is 0 Å². The second kappa shape index (κ2) is 6.43. The third-order valence-corrected chi connectivity index (χ3v) is 4.34. The van der Waals surface area contributed by atoms with E-state index in [0.29, 0.717) is 17.9 Å². The summed E-state index contributed by atoms with van der Waals surface area (Å²) < 4.78 is 6.74. The molecule has 0 radical (unpaired) electrons. The van der Waals surface area contributed by atoms with Crippen molar-refractivity contribution in [2.75, 3.05) is 11.4 Å². The zero-order valence-electron chi connectivity index (χ0n) is 12.6. The van der Waals surface area contributed by atoms with E-state index in [2.05, 4.69) is 28.1 Å². The lowest BCUT2D eigenvalue weighted by Crippen LogP contribution is -2.39. The van der Waals surface area contributed by atoms with Gasteiger partial charge in [-0.15, -0.1) is 0 Å². The van der Waals surface area contributed by atoms with Gasteiger partial charge in [0.15, 0.2) is 6.10 Å². The molecule has 4 nitrogen and oxygen atoms in total. The number of nitrogens with zero attached hydrogens (tertiary/aromatic N) is 2. The van der Waals surface area contributed by atoms with Crippen LogP contribution >= 0.6 is 15.9 Å². The van der Waals surface area contributed by atoms with E-state index in [1.54, 1.807) is 36.1 Å². The first-order valence-electron chi connectivity index (χ1n) is 7.35. The normalized spacial score (nSPS) is 14.0. The van der Waals surface area contributed by atoms with Gasteiger partial charge in [-0.3, -0.25) is 4.79 Å². The Morgan fingerprint density at radius 2 is 2.04 bits per heavy atom. The van der Waals surface area contributed by atoms with Gasteiger partial charge >= 0.3 is 0 Å². The molecule has 23 heavy (non-hydrogen) atoms. The molecular formula is C18H15BrN2O2. The first kappa shape index (κ1) is 15.6. The van der Waals surface area contributed by atoms with E-state index in [1.807, 2.05) is 12.1 Å². The van der Waals surface area contributed by atoms with Crippen LogP contribution in [-0.2, 0) is 11.2 Å². The van der Waals surface area contributed by atoms with Crippen molar-refractivity contribution >= 4 is 27.5 Å². The van der Waals surface area contributed by atoms with Gasteiger partial charge in [-0.1, -0.05) is 15.9 Å². The van der Waals surface area contributed by atoms with Crippen molar-refractivity contribution in [3.8, 4) is 11.8 Å². The molecule has 1 amide bonds. The molecule has 1 aliphatic rings. The van der Waals surface area contributed by atoms with Crippen LogP contribution in [0.25, 0.3) is 0 Å². The standard InChI is InChI=1S/C18H15BrN2O2/c1-12(23-16-5-2-13(11-20)3-6-16)18(22)21-9-8-14-10-15(19)4-7-17(14)21/h2-7,10,12H,8-9H2,1H3. The molecule has 0 N–H and O–H groups in total. The molecule has 1 unspecified atom stereocenters. The lowest BCUT2D eigenvalue weighted by molar-refractivity contribution is -0.124. The van der Waals surface area contributed by atoms with E-state index < -0.39 is 6.10 Å². The van der Waals surface area contributed by atoms with Gasteiger partial charge < -0.3 is 9.64 Å². The van der Waals surface area contributed by atoms with Gasteiger partial charge in [0.1, 0.15) is 5.75 Å². The highest BCUT2D eigenvalue weighted by atomic mass is 79.9. The largest absolute Gasteiger partial charge is 0.481 e. The maximum absolute atomic E-state index is 12.7. The predicted octanol–water partition coefficient (Wildman–Crippen LogP) is 3.68. The first-order valence-corrected chi connectivity index (χ1v) is 8.14. The number of hydrogen-bond donors (Lipinski definition) is 0. The smallest absolute Gasteiger partial charge is 0.267 e. The van der Waals surface area contributed by atoms with Crippen molar-refractivity contribution in [2.24, 2.45) is 0 Å². The summed E-state index contributed by atoms with van der Waals surface area (Å²) >= 11 is 3.46. The van der Waals surface area contributed by atoms with E-state index >= 15 is 0 Å². The molecule has 0 bridgehead atoms. The molecular weight excluding hydrogens is 356 g/mol. The molecule has 116 valence electrons. The summed E-state index contributed by atoms with van der Waals surface area (Å²) in [6, 6.07) is 14.8. The Morgan fingerprint density at radius 1 is 1.30 bits per heavy atom. The van der Waals surface area contributed by atoms with Gasteiger partial charge in [-0.05, 0) is 61.4 Å². The summed E-state index contributed by atoms with van der Waals surface area (Å²) in [5.41, 5.74) is 2.68. The number of benzene rings is 2. The summed E-state index contributed by atoms with van der Waals surface area (Å²) in [6.07, 6.45) is 0.266. The highest BCUT2D eigenvalue weighted by Gasteiger charge is 2.29. The lowest BCUT2D eigenvalue weighted by Gasteiger charge is -2.22. The average molecular weight is 371 g/mol. The van der Waals surface area contributed by atoms with Crippen LogP contribution < -0.4 is 9.64 Å². The fourth-order valence-electron chi connectivity index (χ4n) is 2.68. The number of nitriles is 1. The van der Waals surface area contributed by atoms with Crippen molar-refractivity contribution < 1.29 is 9.53 Å². The number of rotatable bonds is 3. The van der Waals surface area contributed by atoms with E-state index in [-0.39, 0.29) is 5.91 Å². The van der Waals surface area contributed by atoms with Crippen LogP contribution in [0.15, 0.2) is 46.9 Å². The van der Waals surface area contributed by atoms with Crippen molar-refractivity contribution in [1.29, 1.82) is 5.26 Å². The highest BCUT2D eigenvalue weighted by molar-refractivity contribution is 9.10. The Kier molecular flexibility index (Phi) is 4.35. The maximum atomic E-state index is 12.7. The van der Waals surface area contributed by atoms with Crippen LogP contribution in [-0.4, -0.2) is 18.6 Å². The van der Waals surface area contributed by atoms with Crippen molar-refractivity contribution in [2.45, 2.75) is 19.4 Å². The zero-order valence-corrected chi connectivity index (χ0v) is 14.2. The number of ether oxygens (including phenoxy) is 1. The van der Waals surface area contributed by atoms with Crippen molar-refractivity contribution in [1.82, 2.24) is 0 Å². The van der Waals surface area contributed by atoms with Crippen molar-refractivity contribution in [3.05, 3.63) is 58.1 Å². The lowest BCUT2D eigenvalue weighted by atomic mass is 10.2. The summed E-state index contributed by atoms with van der Waals surface area (Å²) in [5.74, 6) is 0.524. The number of amides is 1. The maximum Gasteiger partial charge on any atom is 0.267 e. The summed E-state index contributed by atoms with van der Waals surface area (Å²) in [7, 11) is 0. The minimum atomic E-state index is -0.586. The highest BCUT2D eigenvalue weighted by Crippen LogP contribution is 2.31. The second-order valence-electron chi connectivity index (χ2n) is 5.41. The fourth-order valence-corrected chi connectivity index (χ4v) is 3.09. The molecule has 0 saturated heterocycles. The molecule has 1 heterocycles. The van der Waals surface area contributed by atoms with Crippen LogP contribution in [0.3, 0.4) is 0 Å². The minimum absolute atomic E-state index is 0.0598. The molecule has 0 spiro atoms. The van der Waals surface area contributed by atoms with Gasteiger partial charge in [0.25, 0.3) is 5.91 Å². The molecule has 0 fully saturated rings.